The SMILES string of the molecule is CN1CCN(C(=O)c2ccc(Br)o2)CC1(C)C. The zero-order valence-corrected chi connectivity index (χ0v) is 12.0. The minimum absolute atomic E-state index is 0.0116. The molecule has 1 aliphatic heterocycles. The third-order valence-corrected chi connectivity index (χ3v) is 3.81. The standard InChI is InChI=1S/C12H17BrN2O2/c1-12(2)8-15(7-6-14(12)3)11(16)9-4-5-10(13)17-9/h4-5H,6-8H2,1-3H3. The molecule has 1 aliphatic rings. The highest BCUT2D eigenvalue weighted by molar-refractivity contribution is 9.10. The lowest BCUT2D eigenvalue weighted by Crippen LogP contribution is -2.58. The molecule has 5 heteroatoms. The first-order chi connectivity index (χ1) is 7.90. The highest BCUT2D eigenvalue weighted by Gasteiger charge is 2.34. The second-order valence-corrected chi connectivity index (χ2v) is 5.85. The van der Waals surface area contributed by atoms with E-state index >= 15 is 0 Å². The molecule has 0 spiro atoms. The van der Waals surface area contributed by atoms with Crippen molar-refractivity contribution in [3.05, 3.63) is 22.6 Å². The van der Waals surface area contributed by atoms with Crippen LogP contribution >= 0.6 is 15.9 Å². The summed E-state index contributed by atoms with van der Waals surface area (Å²) in [7, 11) is 2.09. The van der Waals surface area contributed by atoms with Gasteiger partial charge in [0.15, 0.2) is 10.4 Å². The minimum atomic E-state index is -0.0307. The van der Waals surface area contributed by atoms with Crippen molar-refractivity contribution in [2.24, 2.45) is 0 Å². The second-order valence-electron chi connectivity index (χ2n) is 5.06. The van der Waals surface area contributed by atoms with Crippen molar-refractivity contribution in [2.75, 3.05) is 26.7 Å². The van der Waals surface area contributed by atoms with E-state index in [2.05, 4.69) is 41.7 Å². The van der Waals surface area contributed by atoms with Gasteiger partial charge in [-0.25, -0.2) is 0 Å². The summed E-state index contributed by atoms with van der Waals surface area (Å²) in [6.07, 6.45) is 0. The zero-order valence-electron chi connectivity index (χ0n) is 10.4. The zero-order chi connectivity index (χ0) is 12.6. The molecule has 0 unspecified atom stereocenters. The molecule has 0 aliphatic carbocycles. The maximum Gasteiger partial charge on any atom is 0.289 e. The number of hydrogen-bond acceptors (Lipinski definition) is 3. The van der Waals surface area contributed by atoms with Crippen molar-refractivity contribution in [2.45, 2.75) is 19.4 Å². The van der Waals surface area contributed by atoms with Gasteiger partial charge < -0.3 is 9.32 Å². The van der Waals surface area contributed by atoms with Crippen molar-refractivity contribution in [1.29, 1.82) is 0 Å². The molecule has 1 saturated heterocycles. The average Bonchev–Trinajstić information content (AvgIpc) is 2.68. The molecule has 2 rings (SSSR count). The molecule has 2 heterocycles. The number of carbonyl (C=O) groups is 1. The van der Waals surface area contributed by atoms with Crippen LogP contribution in [0, 0.1) is 0 Å². The van der Waals surface area contributed by atoms with E-state index in [0.717, 1.165) is 19.6 Å². The summed E-state index contributed by atoms with van der Waals surface area (Å²) >= 11 is 3.21. The van der Waals surface area contributed by atoms with Gasteiger partial charge in [-0.1, -0.05) is 0 Å². The number of amides is 1. The van der Waals surface area contributed by atoms with Gasteiger partial charge in [0, 0.05) is 25.2 Å². The van der Waals surface area contributed by atoms with Crippen LogP contribution in [0.25, 0.3) is 0 Å². The van der Waals surface area contributed by atoms with E-state index < -0.39 is 0 Å². The van der Waals surface area contributed by atoms with Gasteiger partial charge >= 0.3 is 0 Å². The largest absolute Gasteiger partial charge is 0.444 e. The topological polar surface area (TPSA) is 36.7 Å². The predicted molar refractivity (Wildman–Crippen MR) is 69.0 cm³/mol. The molecule has 0 saturated carbocycles. The molecule has 17 heavy (non-hydrogen) atoms. The van der Waals surface area contributed by atoms with E-state index in [1.165, 1.54) is 0 Å². The van der Waals surface area contributed by atoms with Crippen LogP contribution in [0.5, 0.6) is 0 Å². The molecule has 4 nitrogen and oxygen atoms in total. The molecular weight excluding hydrogens is 284 g/mol. The van der Waals surface area contributed by atoms with Gasteiger partial charge in [0.2, 0.25) is 0 Å². The molecule has 0 radical (unpaired) electrons. The van der Waals surface area contributed by atoms with Gasteiger partial charge in [-0.2, -0.15) is 0 Å². The summed E-state index contributed by atoms with van der Waals surface area (Å²) in [4.78, 5) is 16.3. The van der Waals surface area contributed by atoms with Crippen LogP contribution in [0.1, 0.15) is 24.4 Å². The molecular formula is C12H17BrN2O2. The average molecular weight is 301 g/mol. The summed E-state index contributed by atoms with van der Waals surface area (Å²) in [6, 6.07) is 3.45. The molecule has 0 aromatic carbocycles. The Balaban J connectivity index is 2.11. The molecule has 0 N–H and O–H groups in total. The van der Waals surface area contributed by atoms with Crippen LogP contribution < -0.4 is 0 Å². The van der Waals surface area contributed by atoms with Crippen molar-refractivity contribution in [1.82, 2.24) is 9.80 Å². The summed E-state index contributed by atoms with van der Waals surface area (Å²) < 4.78 is 5.90. The number of hydrogen-bond donors (Lipinski definition) is 0. The fraction of sp³-hybridized carbons (Fsp3) is 0.583. The maximum atomic E-state index is 12.2. The molecule has 1 aromatic rings. The smallest absolute Gasteiger partial charge is 0.289 e. The Labute approximate surface area is 110 Å². The third kappa shape index (κ3) is 2.55. The Kier molecular flexibility index (Phi) is 3.32. The Morgan fingerprint density at radius 1 is 1.41 bits per heavy atom. The summed E-state index contributed by atoms with van der Waals surface area (Å²) in [5, 5.41) is 0. The van der Waals surface area contributed by atoms with E-state index in [-0.39, 0.29) is 11.4 Å². The van der Waals surface area contributed by atoms with E-state index in [1.54, 1.807) is 12.1 Å². The van der Waals surface area contributed by atoms with Crippen LogP contribution in [-0.4, -0.2) is 47.9 Å². The number of furan rings is 1. The van der Waals surface area contributed by atoms with Crippen LogP contribution in [0.2, 0.25) is 0 Å². The van der Waals surface area contributed by atoms with Gasteiger partial charge in [0.05, 0.1) is 0 Å². The Morgan fingerprint density at radius 3 is 2.65 bits per heavy atom. The number of nitrogens with zero attached hydrogens (tertiary/aromatic N) is 2. The molecule has 1 aromatic heterocycles. The van der Waals surface area contributed by atoms with Crippen LogP contribution in [0.3, 0.4) is 0 Å². The summed E-state index contributed by atoms with van der Waals surface area (Å²) in [5.41, 5.74) is 0.0116. The Morgan fingerprint density at radius 2 is 2.12 bits per heavy atom. The van der Waals surface area contributed by atoms with Crippen LogP contribution in [-0.2, 0) is 0 Å². The molecule has 0 atom stereocenters. The molecule has 1 amide bonds. The fourth-order valence-electron chi connectivity index (χ4n) is 2.00. The predicted octanol–water partition coefficient (Wildman–Crippen LogP) is 2.21. The van der Waals surface area contributed by atoms with E-state index in [1.807, 2.05) is 4.90 Å². The van der Waals surface area contributed by atoms with Crippen LogP contribution in [0.15, 0.2) is 21.2 Å². The molecule has 1 fully saturated rings. The number of carbonyl (C=O) groups excluding carboxylic acids is 1. The maximum absolute atomic E-state index is 12.2. The van der Waals surface area contributed by atoms with Crippen LogP contribution in [0.4, 0.5) is 0 Å². The summed E-state index contributed by atoms with van der Waals surface area (Å²) in [5.74, 6) is 0.370. The molecule has 94 valence electrons. The number of piperazine rings is 1. The lowest BCUT2D eigenvalue weighted by molar-refractivity contribution is 0.0289. The minimum Gasteiger partial charge on any atom is -0.444 e. The van der Waals surface area contributed by atoms with Gasteiger partial charge in [-0.3, -0.25) is 9.69 Å². The van der Waals surface area contributed by atoms with Crippen molar-refractivity contribution < 1.29 is 9.21 Å². The lowest BCUT2D eigenvalue weighted by atomic mass is 9.99. The first-order valence-corrected chi connectivity index (χ1v) is 6.45. The van der Waals surface area contributed by atoms with E-state index in [9.17, 15) is 4.79 Å². The number of halogens is 1. The van der Waals surface area contributed by atoms with E-state index in [4.69, 9.17) is 4.42 Å². The van der Waals surface area contributed by atoms with Gasteiger partial charge in [-0.15, -0.1) is 0 Å². The monoisotopic (exact) mass is 300 g/mol. The van der Waals surface area contributed by atoms with Crippen molar-refractivity contribution >= 4 is 21.8 Å². The second kappa shape index (κ2) is 4.46. The quantitative estimate of drug-likeness (QED) is 0.798. The van der Waals surface area contributed by atoms with Gasteiger partial charge in [0.1, 0.15) is 0 Å². The lowest BCUT2D eigenvalue weighted by Gasteiger charge is -2.45. The Bertz CT molecular complexity index is 428. The number of likely N-dealkylation sites (N-methyl/N-ethyl adjacent to an activating group) is 1. The van der Waals surface area contributed by atoms with Crippen molar-refractivity contribution in [3.63, 3.8) is 0 Å². The third-order valence-electron chi connectivity index (χ3n) is 3.39. The van der Waals surface area contributed by atoms with Crippen molar-refractivity contribution in [3.8, 4) is 0 Å². The first kappa shape index (κ1) is 12.6. The normalized spacial score (nSPS) is 20.6. The summed E-state index contributed by atoms with van der Waals surface area (Å²) in [6.45, 7) is 6.65. The van der Waals surface area contributed by atoms with Gasteiger partial charge in [0.25, 0.3) is 5.91 Å². The number of rotatable bonds is 1. The van der Waals surface area contributed by atoms with Gasteiger partial charge in [-0.05, 0) is 49.0 Å². The Hall–Kier alpha value is -0.810. The molecule has 0 bridgehead atoms. The fourth-order valence-corrected chi connectivity index (χ4v) is 2.31. The first-order valence-electron chi connectivity index (χ1n) is 5.66. The van der Waals surface area contributed by atoms with E-state index in [0.29, 0.717) is 10.4 Å². The highest BCUT2D eigenvalue weighted by Crippen LogP contribution is 2.22. The highest BCUT2D eigenvalue weighted by atomic mass is 79.9.